The first-order valence-electron chi connectivity index (χ1n) is 4.11. The Balaban J connectivity index is 2.36. The van der Waals surface area contributed by atoms with Gasteiger partial charge in [0, 0.05) is 4.88 Å². The quantitative estimate of drug-likeness (QED) is 0.614. The molecule has 0 radical (unpaired) electrons. The molecule has 6 heteroatoms. The average Bonchev–Trinajstić information content (AvgIpc) is 2.80. The summed E-state index contributed by atoms with van der Waals surface area (Å²) in [5, 5.41) is 6.00. The van der Waals surface area contributed by atoms with Gasteiger partial charge in [-0.1, -0.05) is 10.6 Å². The van der Waals surface area contributed by atoms with Gasteiger partial charge in [0.25, 0.3) is 0 Å². The van der Waals surface area contributed by atoms with Crippen LogP contribution in [0.5, 0.6) is 0 Å². The highest BCUT2D eigenvalue weighted by Crippen LogP contribution is 2.28. The Bertz CT molecular complexity index is 395. The first-order valence-corrected chi connectivity index (χ1v) is 5.76. The molecule has 2 aromatic rings. The molecule has 0 bridgehead atoms. The molecular formula is C8H10N4S2. The Kier molecular flexibility index (Phi) is 2.87. The van der Waals surface area contributed by atoms with Crippen molar-refractivity contribution in [2.75, 3.05) is 0 Å². The van der Waals surface area contributed by atoms with Crippen LogP contribution in [0.15, 0.2) is 17.5 Å². The molecule has 2 heterocycles. The number of aromatic nitrogens is 2. The number of hydrazine groups is 1. The van der Waals surface area contributed by atoms with Crippen molar-refractivity contribution in [3.05, 3.63) is 33.0 Å². The Morgan fingerprint density at radius 2 is 2.43 bits per heavy atom. The zero-order chi connectivity index (χ0) is 9.97. The molecule has 0 saturated heterocycles. The maximum Gasteiger partial charge on any atom is 0.0929 e. The lowest BCUT2D eigenvalue weighted by atomic mass is 10.2. The van der Waals surface area contributed by atoms with Crippen molar-refractivity contribution in [2.24, 2.45) is 5.84 Å². The van der Waals surface area contributed by atoms with Crippen molar-refractivity contribution in [1.82, 2.24) is 15.0 Å². The second-order valence-electron chi connectivity index (χ2n) is 2.84. The molecule has 0 aliphatic heterocycles. The number of aryl methyl sites for hydroxylation is 1. The highest BCUT2D eigenvalue weighted by atomic mass is 32.1. The minimum Gasteiger partial charge on any atom is -0.271 e. The van der Waals surface area contributed by atoms with Gasteiger partial charge in [-0.3, -0.25) is 5.84 Å². The molecule has 0 spiro atoms. The van der Waals surface area contributed by atoms with Gasteiger partial charge in [0.05, 0.1) is 16.6 Å². The van der Waals surface area contributed by atoms with Gasteiger partial charge in [-0.15, -0.1) is 16.4 Å². The fourth-order valence-electron chi connectivity index (χ4n) is 1.25. The first-order chi connectivity index (χ1) is 6.83. The predicted molar refractivity (Wildman–Crippen MR) is 58.1 cm³/mol. The fraction of sp³-hybridized carbons (Fsp3) is 0.250. The van der Waals surface area contributed by atoms with Crippen LogP contribution in [-0.4, -0.2) is 9.59 Å². The summed E-state index contributed by atoms with van der Waals surface area (Å²) in [6.45, 7) is 1.94. The van der Waals surface area contributed by atoms with E-state index >= 15 is 0 Å². The second-order valence-corrected chi connectivity index (χ2v) is 4.60. The molecule has 1 unspecified atom stereocenters. The Hall–Kier alpha value is -0.820. The Labute approximate surface area is 89.9 Å². The van der Waals surface area contributed by atoms with Crippen LogP contribution in [0.1, 0.15) is 21.5 Å². The maximum atomic E-state index is 5.53. The van der Waals surface area contributed by atoms with Crippen LogP contribution in [0.4, 0.5) is 0 Å². The normalized spacial score (nSPS) is 13.0. The third-order valence-electron chi connectivity index (χ3n) is 1.94. The summed E-state index contributed by atoms with van der Waals surface area (Å²) < 4.78 is 3.90. The van der Waals surface area contributed by atoms with Gasteiger partial charge in [0.15, 0.2) is 0 Å². The minimum absolute atomic E-state index is 0.0231. The molecule has 3 N–H and O–H groups in total. The van der Waals surface area contributed by atoms with E-state index in [2.05, 4.69) is 15.0 Å². The average molecular weight is 226 g/mol. The van der Waals surface area contributed by atoms with Crippen LogP contribution >= 0.6 is 22.9 Å². The smallest absolute Gasteiger partial charge is 0.0929 e. The Morgan fingerprint density at radius 1 is 1.57 bits per heavy atom. The number of rotatable bonds is 3. The molecule has 0 aliphatic rings. The number of nitrogens with one attached hydrogen (secondary N) is 1. The van der Waals surface area contributed by atoms with E-state index in [1.807, 2.05) is 24.4 Å². The van der Waals surface area contributed by atoms with Crippen LogP contribution in [0.2, 0.25) is 0 Å². The van der Waals surface area contributed by atoms with Crippen LogP contribution < -0.4 is 11.3 Å². The number of nitrogens with two attached hydrogens (primary N) is 1. The third kappa shape index (κ3) is 1.69. The molecule has 74 valence electrons. The van der Waals surface area contributed by atoms with Crippen LogP contribution in [0, 0.1) is 6.92 Å². The van der Waals surface area contributed by atoms with Gasteiger partial charge >= 0.3 is 0 Å². The summed E-state index contributed by atoms with van der Waals surface area (Å²) in [6.07, 6.45) is 0. The summed E-state index contributed by atoms with van der Waals surface area (Å²) in [5.41, 5.74) is 3.72. The number of nitrogens with zero attached hydrogens (tertiary/aromatic N) is 2. The predicted octanol–water partition coefficient (Wildman–Crippen LogP) is 1.46. The fourth-order valence-corrected chi connectivity index (χ4v) is 2.84. The zero-order valence-electron chi connectivity index (χ0n) is 7.60. The summed E-state index contributed by atoms with van der Waals surface area (Å²) in [5.74, 6) is 5.53. The molecule has 2 rings (SSSR count). The lowest BCUT2D eigenvalue weighted by Crippen LogP contribution is -2.28. The molecule has 0 aromatic carbocycles. The van der Waals surface area contributed by atoms with E-state index in [0.717, 1.165) is 10.6 Å². The van der Waals surface area contributed by atoms with E-state index in [4.69, 9.17) is 5.84 Å². The van der Waals surface area contributed by atoms with Crippen molar-refractivity contribution in [2.45, 2.75) is 13.0 Å². The van der Waals surface area contributed by atoms with Crippen LogP contribution in [-0.2, 0) is 0 Å². The SMILES string of the molecule is Cc1nnsc1C(NN)c1cccs1. The standard InChI is InChI=1S/C8H10N4S2/c1-5-8(14-12-11-5)7(10-9)6-3-2-4-13-6/h2-4,7,10H,9H2,1H3. The van der Waals surface area contributed by atoms with Gasteiger partial charge in [-0.2, -0.15) is 0 Å². The van der Waals surface area contributed by atoms with E-state index in [1.54, 1.807) is 11.3 Å². The lowest BCUT2D eigenvalue weighted by molar-refractivity contribution is 0.651. The minimum atomic E-state index is 0.0231. The number of hydrogen-bond donors (Lipinski definition) is 2. The van der Waals surface area contributed by atoms with Gasteiger partial charge in [0.2, 0.25) is 0 Å². The summed E-state index contributed by atoms with van der Waals surface area (Å²) in [4.78, 5) is 2.26. The van der Waals surface area contributed by atoms with Crippen molar-refractivity contribution in [1.29, 1.82) is 0 Å². The highest BCUT2D eigenvalue weighted by Gasteiger charge is 2.18. The van der Waals surface area contributed by atoms with Gasteiger partial charge in [-0.25, -0.2) is 5.43 Å². The van der Waals surface area contributed by atoms with Crippen molar-refractivity contribution >= 4 is 22.9 Å². The van der Waals surface area contributed by atoms with Crippen molar-refractivity contribution in [3.63, 3.8) is 0 Å². The largest absolute Gasteiger partial charge is 0.271 e. The van der Waals surface area contributed by atoms with Crippen molar-refractivity contribution in [3.8, 4) is 0 Å². The molecule has 0 amide bonds. The number of thiophene rings is 1. The molecule has 0 saturated carbocycles. The number of hydrogen-bond acceptors (Lipinski definition) is 6. The topological polar surface area (TPSA) is 63.8 Å². The maximum absolute atomic E-state index is 5.53. The van der Waals surface area contributed by atoms with E-state index in [1.165, 1.54) is 16.4 Å². The van der Waals surface area contributed by atoms with Gasteiger partial charge < -0.3 is 0 Å². The van der Waals surface area contributed by atoms with E-state index in [9.17, 15) is 0 Å². The van der Waals surface area contributed by atoms with E-state index in [-0.39, 0.29) is 6.04 Å². The van der Waals surface area contributed by atoms with E-state index in [0.29, 0.717) is 0 Å². The second kappa shape index (κ2) is 4.14. The summed E-state index contributed by atoms with van der Waals surface area (Å²) in [7, 11) is 0. The van der Waals surface area contributed by atoms with Crippen LogP contribution in [0.25, 0.3) is 0 Å². The molecule has 14 heavy (non-hydrogen) atoms. The molecule has 4 nitrogen and oxygen atoms in total. The van der Waals surface area contributed by atoms with Gasteiger partial charge in [0.1, 0.15) is 0 Å². The molecule has 1 atom stereocenters. The van der Waals surface area contributed by atoms with E-state index < -0.39 is 0 Å². The summed E-state index contributed by atoms with van der Waals surface area (Å²) >= 11 is 3.05. The molecule has 0 fully saturated rings. The highest BCUT2D eigenvalue weighted by molar-refractivity contribution is 7.10. The van der Waals surface area contributed by atoms with Crippen molar-refractivity contribution < 1.29 is 0 Å². The molecule has 2 aromatic heterocycles. The molecule has 0 aliphatic carbocycles. The summed E-state index contributed by atoms with van der Waals surface area (Å²) in [6, 6.07) is 4.08. The lowest BCUT2D eigenvalue weighted by Gasteiger charge is -2.11. The first kappa shape index (κ1) is 9.72. The zero-order valence-corrected chi connectivity index (χ0v) is 9.23. The third-order valence-corrected chi connectivity index (χ3v) is 3.77. The monoisotopic (exact) mass is 226 g/mol. The van der Waals surface area contributed by atoms with Crippen LogP contribution in [0.3, 0.4) is 0 Å². The Morgan fingerprint density at radius 3 is 2.93 bits per heavy atom. The molecular weight excluding hydrogens is 216 g/mol. The van der Waals surface area contributed by atoms with Gasteiger partial charge in [-0.05, 0) is 29.9 Å².